The lowest BCUT2D eigenvalue weighted by atomic mass is 10.1. The molecule has 84 valence electrons. The van der Waals surface area contributed by atoms with Gasteiger partial charge >= 0.3 is 0 Å². The van der Waals surface area contributed by atoms with Crippen molar-refractivity contribution in [3.05, 3.63) is 17.8 Å². The summed E-state index contributed by atoms with van der Waals surface area (Å²) in [5.74, 6) is 0.383. The molecule has 1 aromatic rings. The molecule has 0 bridgehead atoms. The molecule has 0 radical (unpaired) electrons. The first-order valence-electron chi connectivity index (χ1n) is 4.37. The van der Waals surface area contributed by atoms with Crippen molar-refractivity contribution in [1.82, 2.24) is 4.98 Å². The molecule has 0 aliphatic carbocycles. The molecule has 0 saturated carbocycles. The number of nitrogens with two attached hydrogens (primary N) is 1. The lowest BCUT2D eigenvalue weighted by Crippen LogP contribution is -2.21. The number of ether oxygens (including phenoxy) is 1. The minimum absolute atomic E-state index is 0.148. The molecular weight excluding hydrogens is 216 g/mol. The number of aliphatic hydroxyl groups is 2. The van der Waals surface area contributed by atoms with Crippen LogP contribution in [0.2, 0.25) is 0 Å². The molecule has 15 heavy (non-hydrogen) atoms. The molecule has 2 atom stereocenters. The normalized spacial score (nSPS) is 14.7. The molecule has 1 rings (SSSR count). The number of aliphatic hydroxyl groups excluding tert-OH is 2. The number of rotatable bonds is 4. The molecule has 0 fully saturated rings. The summed E-state index contributed by atoms with van der Waals surface area (Å²) < 4.78 is 4.90. The third kappa shape index (κ3) is 2.74. The molecule has 0 aliphatic heterocycles. The molecule has 6 heteroatoms. The molecule has 0 saturated heterocycles. The summed E-state index contributed by atoms with van der Waals surface area (Å²) in [6, 6.07) is 3.10. The van der Waals surface area contributed by atoms with Crippen molar-refractivity contribution < 1.29 is 14.9 Å². The molecular formula is C9H14N2O3S. The van der Waals surface area contributed by atoms with Crippen LogP contribution in [0.15, 0.2) is 12.1 Å². The van der Waals surface area contributed by atoms with Crippen molar-refractivity contribution in [2.24, 2.45) is 0 Å². The summed E-state index contributed by atoms with van der Waals surface area (Å²) in [6.45, 7) is 0. The van der Waals surface area contributed by atoms with Gasteiger partial charge in [-0.2, -0.15) is 12.6 Å². The Bertz CT molecular complexity index is 335. The zero-order valence-corrected chi connectivity index (χ0v) is 9.19. The van der Waals surface area contributed by atoms with Crippen LogP contribution < -0.4 is 10.5 Å². The number of nitrogens with zero attached hydrogens (tertiary/aromatic N) is 1. The highest BCUT2D eigenvalue weighted by molar-refractivity contribution is 7.80. The van der Waals surface area contributed by atoms with Gasteiger partial charge < -0.3 is 20.7 Å². The third-order valence-corrected chi connectivity index (χ3v) is 2.33. The van der Waals surface area contributed by atoms with Gasteiger partial charge in [-0.05, 0) is 12.1 Å². The Labute approximate surface area is 93.3 Å². The van der Waals surface area contributed by atoms with Gasteiger partial charge in [0.15, 0.2) is 0 Å². The fourth-order valence-corrected chi connectivity index (χ4v) is 1.29. The average molecular weight is 230 g/mol. The van der Waals surface area contributed by atoms with Crippen molar-refractivity contribution in [2.75, 3.05) is 18.6 Å². The van der Waals surface area contributed by atoms with Gasteiger partial charge in [-0.1, -0.05) is 0 Å². The van der Waals surface area contributed by atoms with Gasteiger partial charge in [0.05, 0.1) is 24.6 Å². The number of methoxy groups -OCH3 is 1. The van der Waals surface area contributed by atoms with E-state index in [-0.39, 0.29) is 11.6 Å². The summed E-state index contributed by atoms with van der Waals surface area (Å²) in [7, 11) is 1.43. The highest BCUT2D eigenvalue weighted by atomic mass is 32.1. The predicted octanol–water partition coefficient (Wildman–Crippen LogP) is -0.00350. The predicted molar refractivity (Wildman–Crippen MR) is 60.0 cm³/mol. The monoisotopic (exact) mass is 230 g/mol. The number of thiol groups is 1. The molecule has 2 unspecified atom stereocenters. The molecule has 1 heterocycles. The van der Waals surface area contributed by atoms with Crippen molar-refractivity contribution in [3.63, 3.8) is 0 Å². The minimum Gasteiger partial charge on any atom is -0.480 e. The van der Waals surface area contributed by atoms with Crippen molar-refractivity contribution in [3.8, 4) is 5.88 Å². The van der Waals surface area contributed by atoms with E-state index >= 15 is 0 Å². The highest BCUT2D eigenvalue weighted by Gasteiger charge is 2.19. The van der Waals surface area contributed by atoms with E-state index in [1.54, 1.807) is 6.07 Å². The maximum Gasteiger partial charge on any atom is 0.237 e. The second-order valence-corrected chi connectivity index (χ2v) is 3.39. The van der Waals surface area contributed by atoms with E-state index in [4.69, 9.17) is 10.5 Å². The number of anilines is 1. The van der Waals surface area contributed by atoms with Gasteiger partial charge in [0, 0.05) is 5.75 Å². The Hall–Kier alpha value is -0.980. The zero-order chi connectivity index (χ0) is 11.4. The molecule has 0 aliphatic rings. The van der Waals surface area contributed by atoms with Crippen LogP contribution in [-0.2, 0) is 0 Å². The van der Waals surface area contributed by atoms with Crippen LogP contribution in [0.1, 0.15) is 11.8 Å². The summed E-state index contributed by atoms with van der Waals surface area (Å²) in [4.78, 5) is 3.97. The summed E-state index contributed by atoms with van der Waals surface area (Å²) >= 11 is 3.88. The molecule has 0 amide bonds. The van der Waals surface area contributed by atoms with Crippen LogP contribution in [0, 0.1) is 0 Å². The number of hydrogen-bond donors (Lipinski definition) is 4. The van der Waals surface area contributed by atoms with Gasteiger partial charge in [-0.3, -0.25) is 0 Å². The van der Waals surface area contributed by atoms with E-state index in [1.807, 2.05) is 0 Å². The van der Waals surface area contributed by atoms with Crippen LogP contribution in [0.25, 0.3) is 0 Å². The van der Waals surface area contributed by atoms with Crippen LogP contribution in [0.5, 0.6) is 5.88 Å². The van der Waals surface area contributed by atoms with E-state index in [9.17, 15) is 10.2 Å². The minimum atomic E-state index is -1.09. The largest absolute Gasteiger partial charge is 0.480 e. The van der Waals surface area contributed by atoms with E-state index in [0.29, 0.717) is 11.4 Å². The third-order valence-electron chi connectivity index (χ3n) is 1.96. The molecule has 0 aromatic carbocycles. The SMILES string of the molecule is COc1nc(C(O)C(O)CS)ccc1N. The first-order chi connectivity index (χ1) is 7.10. The summed E-state index contributed by atoms with van der Waals surface area (Å²) in [6.07, 6.45) is -2.05. The van der Waals surface area contributed by atoms with Crippen molar-refractivity contribution in [2.45, 2.75) is 12.2 Å². The second-order valence-electron chi connectivity index (χ2n) is 3.03. The number of aromatic nitrogens is 1. The van der Waals surface area contributed by atoms with E-state index in [2.05, 4.69) is 17.6 Å². The lowest BCUT2D eigenvalue weighted by Gasteiger charge is -2.16. The topological polar surface area (TPSA) is 88.6 Å². The van der Waals surface area contributed by atoms with Crippen molar-refractivity contribution in [1.29, 1.82) is 0 Å². The van der Waals surface area contributed by atoms with Gasteiger partial charge in [-0.15, -0.1) is 0 Å². The Balaban J connectivity index is 2.95. The van der Waals surface area contributed by atoms with Gasteiger partial charge in [0.2, 0.25) is 5.88 Å². The molecule has 4 N–H and O–H groups in total. The standard InChI is InChI=1S/C9H14N2O3S/c1-14-9-5(10)2-3-6(11-9)8(13)7(12)4-15/h2-3,7-8,12-13,15H,4,10H2,1H3. The fourth-order valence-electron chi connectivity index (χ4n) is 1.09. The highest BCUT2D eigenvalue weighted by Crippen LogP contribution is 2.23. The van der Waals surface area contributed by atoms with Crippen LogP contribution in [0.3, 0.4) is 0 Å². The van der Waals surface area contributed by atoms with Gasteiger partial charge in [-0.25, -0.2) is 4.98 Å². The van der Waals surface area contributed by atoms with E-state index in [0.717, 1.165) is 0 Å². The maximum absolute atomic E-state index is 9.64. The zero-order valence-electron chi connectivity index (χ0n) is 8.29. The first-order valence-corrected chi connectivity index (χ1v) is 5.00. The lowest BCUT2D eigenvalue weighted by molar-refractivity contribution is 0.0307. The van der Waals surface area contributed by atoms with E-state index in [1.165, 1.54) is 13.2 Å². The first kappa shape index (κ1) is 12.1. The van der Waals surface area contributed by atoms with Gasteiger partial charge in [0.25, 0.3) is 0 Å². The van der Waals surface area contributed by atoms with Crippen LogP contribution in [0.4, 0.5) is 5.69 Å². The smallest absolute Gasteiger partial charge is 0.237 e. The summed E-state index contributed by atoms with van der Waals surface area (Å²) in [5.41, 5.74) is 6.25. The number of nitrogen functional groups attached to an aromatic ring is 1. The Morgan fingerprint density at radius 2 is 2.20 bits per heavy atom. The van der Waals surface area contributed by atoms with Crippen molar-refractivity contribution >= 4 is 18.3 Å². The number of hydrogen-bond acceptors (Lipinski definition) is 6. The summed E-state index contributed by atoms with van der Waals surface area (Å²) in [5, 5.41) is 19.0. The van der Waals surface area contributed by atoms with Crippen LogP contribution >= 0.6 is 12.6 Å². The second kappa shape index (κ2) is 5.20. The Morgan fingerprint density at radius 3 is 2.73 bits per heavy atom. The van der Waals surface area contributed by atoms with Gasteiger partial charge in [0.1, 0.15) is 6.10 Å². The molecule has 0 spiro atoms. The quantitative estimate of drug-likeness (QED) is 0.547. The fraction of sp³-hybridized carbons (Fsp3) is 0.444. The molecule has 5 nitrogen and oxygen atoms in total. The number of pyridine rings is 1. The average Bonchev–Trinajstić information content (AvgIpc) is 2.27. The Kier molecular flexibility index (Phi) is 4.19. The maximum atomic E-state index is 9.64. The Morgan fingerprint density at radius 1 is 1.53 bits per heavy atom. The molecule has 1 aromatic heterocycles. The van der Waals surface area contributed by atoms with Crippen LogP contribution in [-0.4, -0.2) is 34.2 Å². The van der Waals surface area contributed by atoms with E-state index < -0.39 is 12.2 Å².